The predicted octanol–water partition coefficient (Wildman–Crippen LogP) is 1.64. The fraction of sp³-hybridized carbons (Fsp3) is 0.300. The van der Waals surface area contributed by atoms with E-state index >= 15 is 0 Å². The van der Waals surface area contributed by atoms with Gasteiger partial charge in [0.2, 0.25) is 0 Å². The Kier molecular flexibility index (Phi) is 3.19. The second-order valence-corrected chi connectivity index (χ2v) is 3.12. The second kappa shape index (κ2) is 4.19. The maximum Gasteiger partial charge on any atom is 0.306 e. The zero-order valence-corrected chi connectivity index (χ0v) is 7.70. The van der Waals surface area contributed by atoms with E-state index in [0.717, 1.165) is 0 Å². The number of carboxylic acid groups (broad SMARTS) is 1. The van der Waals surface area contributed by atoms with Crippen LogP contribution in [-0.2, 0) is 4.79 Å². The Labute approximate surface area is 80.8 Å². The van der Waals surface area contributed by atoms with Gasteiger partial charge < -0.3 is 10.2 Å². The van der Waals surface area contributed by atoms with E-state index in [0.29, 0.717) is 11.1 Å². The molecule has 0 spiro atoms. The topological polar surface area (TPSA) is 57.5 Å². The molecule has 1 rings (SSSR count). The van der Waals surface area contributed by atoms with Crippen molar-refractivity contribution in [1.82, 2.24) is 0 Å². The number of hydrogen-bond donors (Lipinski definition) is 2. The summed E-state index contributed by atoms with van der Waals surface area (Å²) in [7, 11) is 0. The van der Waals surface area contributed by atoms with Crippen molar-refractivity contribution in [3.05, 3.63) is 35.1 Å². The van der Waals surface area contributed by atoms with Gasteiger partial charge in [-0.1, -0.05) is 12.1 Å². The van der Waals surface area contributed by atoms with Crippen LogP contribution in [0, 0.1) is 12.7 Å². The molecule has 0 amide bonds. The summed E-state index contributed by atoms with van der Waals surface area (Å²) in [4.78, 5) is 10.3. The fourth-order valence-corrected chi connectivity index (χ4v) is 1.16. The Morgan fingerprint density at radius 2 is 2.21 bits per heavy atom. The minimum atomic E-state index is -1.08. The van der Waals surface area contributed by atoms with Crippen LogP contribution in [-0.4, -0.2) is 16.2 Å². The first-order valence-corrected chi connectivity index (χ1v) is 4.16. The van der Waals surface area contributed by atoms with Crippen molar-refractivity contribution in [2.75, 3.05) is 0 Å². The Hall–Kier alpha value is -1.42. The van der Waals surface area contributed by atoms with E-state index in [-0.39, 0.29) is 12.2 Å². The summed E-state index contributed by atoms with van der Waals surface area (Å²) in [6, 6.07) is 4.05. The van der Waals surface area contributed by atoms with Gasteiger partial charge in [0.25, 0.3) is 0 Å². The van der Waals surface area contributed by atoms with Gasteiger partial charge in [-0.25, -0.2) is 4.39 Å². The molecule has 14 heavy (non-hydrogen) atoms. The van der Waals surface area contributed by atoms with Gasteiger partial charge in [0.15, 0.2) is 0 Å². The van der Waals surface area contributed by atoms with Crippen molar-refractivity contribution in [2.45, 2.75) is 19.4 Å². The van der Waals surface area contributed by atoms with Crippen LogP contribution in [0.3, 0.4) is 0 Å². The third kappa shape index (κ3) is 2.53. The van der Waals surface area contributed by atoms with Crippen LogP contribution in [0.1, 0.15) is 23.7 Å². The molecule has 0 fully saturated rings. The molecule has 0 radical (unpaired) electrons. The van der Waals surface area contributed by atoms with E-state index in [4.69, 9.17) is 5.11 Å². The van der Waals surface area contributed by atoms with Crippen molar-refractivity contribution >= 4 is 5.97 Å². The number of rotatable bonds is 3. The number of carbonyl (C=O) groups is 1. The molecule has 1 aromatic carbocycles. The van der Waals surface area contributed by atoms with Gasteiger partial charge in [-0.05, 0) is 24.1 Å². The van der Waals surface area contributed by atoms with E-state index in [9.17, 15) is 14.3 Å². The Morgan fingerprint density at radius 1 is 1.57 bits per heavy atom. The zero-order valence-electron chi connectivity index (χ0n) is 7.70. The Balaban J connectivity index is 2.85. The maximum absolute atomic E-state index is 12.8. The molecule has 0 aliphatic heterocycles. The summed E-state index contributed by atoms with van der Waals surface area (Å²) in [5.41, 5.74) is 0.818. The van der Waals surface area contributed by atoms with Crippen LogP contribution < -0.4 is 0 Å². The normalized spacial score (nSPS) is 12.5. The van der Waals surface area contributed by atoms with E-state index in [1.54, 1.807) is 6.92 Å². The van der Waals surface area contributed by atoms with Crippen molar-refractivity contribution in [3.63, 3.8) is 0 Å². The monoisotopic (exact) mass is 198 g/mol. The first-order valence-electron chi connectivity index (χ1n) is 4.16. The highest BCUT2D eigenvalue weighted by Crippen LogP contribution is 2.19. The molecular formula is C10H11FO3. The lowest BCUT2D eigenvalue weighted by atomic mass is 10.0. The van der Waals surface area contributed by atoms with Gasteiger partial charge in [0, 0.05) is 0 Å². The average Bonchev–Trinajstić information content (AvgIpc) is 2.08. The van der Waals surface area contributed by atoms with Gasteiger partial charge in [-0.3, -0.25) is 4.79 Å². The van der Waals surface area contributed by atoms with Crippen molar-refractivity contribution < 1.29 is 19.4 Å². The molecule has 1 atom stereocenters. The van der Waals surface area contributed by atoms with Crippen molar-refractivity contribution in [2.24, 2.45) is 0 Å². The summed E-state index contributed by atoms with van der Waals surface area (Å²) < 4.78 is 12.8. The van der Waals surface area contributed by atoms with Gasteiger partial charge in [-0.15, -0.1) is 0 Å². The van der Waals surface area contributed by atoms with Gasteiger partial charge in [-0.2, -0.15) is 0 Å². The zero-order chi connectivity index (χ0) is 10.7. The summed E-state index contributed by atoms with van der Waals surface area (Å²) in [6.45, 7) is 1.56. The van der Waals surface area contributed by atoms with Crippen LogP contribution in [0.4, 0.5) is 4.39 Å². The lowest BCUT2D eigenvalue weighted by molar-refractivity contribution is -0.139. The van der Waals surface area contributed by atoms with Crippen molar-refractivity contribution in [3.8, 4) is 0 Å². The van der Waals surface area contributed by atoms with Gasteiger partial charge in [0.1, 0.15) is 5.82 Å². The highest BCUT2D eigenvalue weighted by Gasteiger charge is 2.12. The molecule has 0 aliphatic rings. The number of aliphatic hydroxyl groups excluding tert-OH is 1. The molecule has 2 N–H and O–H groups in total. The minimum Gasteiger partial charge on any atom is -0.481 e. The minimum absolute atomic E-state index is 0.365. The molecule has 3 nitrogen and oxygen atoms in total. The van der Waals surface area contributed by atoms with Crippen LogP contribution in [0.15, 0.2) is 18.2 Å². The molecule has 0 saturated carbocycles. The maximum atomic E-state index is 12.8. The summed E-state index contributed by atoms with van der Waals surface area (Å²) in [5.74, 6) is -1.45. The lowest BCUT2D eigenvalue weighted by Gasteiger charge is -2.09. The second-order valence-electron chi connectivity index (χ2n) is 3.12. The molecule has 4 heteroatoms. The molecule has 76 valence electrons. The molecule has 0 saturated heterocycles. The summed E-state index contributed by atoms with van der Waals surface area (Å²) in [5, 5.41) is 17.8. The first-order chi connectivity index (χ1) is 6.50. The fourth-order valence-electron chi connectivity index (χ4n) is 1.16. The number of carboxylic acids is 1. The SMILES string of the molecule is Cc1cc([C@@H](O)CC(=O)O)ccc1F. The highest BCUT2D eigenvalue weighted by atomic mass is 19.1. The predicted molar refractivity (Wildman–Crippen MR) is 48.3 cm³/mol. The lowest BCUT2D eigenvalue weighted by Crippen LogP contribution is -2.05. The first kappa shape index (κ1) is 10.7. The highest BCUT2D eigenvalue weighted by molar-refractivity contribution is 5.67. The molecule has 0 heterocycles. The standard InChI is InChI=1S/C10H11FO3/c1-6-4-7(2-3-8(6)11)9(12)5-10(13)14/h2-4,9,12H,5H2,1H3,(H,13,14)/t9-/m0/s1. The molecular weight excluding hydrogens is 187 g/mol. The summed E-state index contributed by atoms with van der Waals surface area (Å²) >= 11 is 0. The third-order valence-corrected chi connectivity index (χ3v) is 1.93. The smallest absolute Gasteiger partial charge is 0.306 e. The molecule has 0 bridgehead atoms. The molecule has 1 aromatic rings. The van der Waals surface area contributed by atoms with Gasteiger partial charge >= 0.3 is 5.97 Å². The number of halogens is 1. The molecule has 0 aromatic heterocycles. The van der Waals surface area contributed by atoms with Crippen molar-refractivity contribution in [1.29, 1.82) is 0 Å². The van der Waals surface area contributed by atoms with E-state index in [1.165, 1.54) is 18.2 Å². The summed E-state index contributed by atoms with van der Waals surface area (Å²) in [6.07, 6.45) is -1.45. The van der Waals surface area contributed by atoms with E-state index in [2.05, 4.69) is 0 Å². The van der Waals surface area contributed by atoms with E-state index in [1.807, 2.05) is 0 Å². The number of aliphatic carboxylic acids is 1. The number of hydrogen-bond acceptors (Lipinski definition) is 2. The number of aliphatic hydroxyl groups is 1. The Morgan fingerprint density at radius 3 is 2.71 bits per heavy atom. The third-order valence-electron chi connectivity index (χ3n) is 1.93. The van der Waals surface area contributed by atoms with Crippen LogP contribution in [0.25, 0.3) is 0 Å². The molecule has 0 aliphatic carbocycles. The number of aryl methyl sites for hydroxylation is 1. The molecule has 0 unspecified atom stereocenters. The largest absolute Gasteiger partial charge is 0.481 e. The van der Waals surface area contributed by atoms with Crippen LogP contribution >= 0.6 is 0 Å². The average molecular weight is 198 g/mol. The van der Waals surface area contributed by atoms with Gasteiger partial charge in [0.05, 0.1) is 12.5 Å². The van der Waals surface area contributed by atoms with Crippen LogP contribution in [0.2, 0.25) is 0 Å². The Bertz CT molecular complexity index is 349. The van der Waals surface area contributed by atoms with Crippen LogP contribution in [0.5, 0.6) is 0 Å². The van der Waals surface area contributed by atoms with E-state index < -0.39 is 12.1 Å². The quantitative estimate of drug-likeness (QED) is 0.776. The number of benzene rings is 1.